The van der Waals surface area contributed by atoms with E-state index in [4.69, 9.17) is 14.2 Å². The van der Waals surface area contributed by atoms with Crippen LogP contribution in [-0.4, -0.2) is 59.1 Å². The molecule has 1 rings (SSSR count). The highest BCUT2D eigenvalue weighted by Gasteiger charge is 2.28. The lowest BCUT2D eigenvalue weighted by Crippen LogP contribution is -2.47. The third-order valence-corrected chi connectivity index (χ3v) is 4.81. The number of nitrogens with zero attached hydrogens (tertiary/aromatic N) is 1. The summed E-state index contributed by atoms with van der Waals surface area (Å²) in [4.78, 5) is 26.8. The van der Waals surface area contributed by atoms with Crippen molar-refractivity contribution in [2.75, 3.05) is 25.0 Å². The number of carbonyl (C=O) groups excluding carboxylic acids is 2. The number of halogens is 1. The van der Waals surface area contributed by atoms with Crippen LogP contribution in [0.5, 0.6) is 5.75 Å². The normalized spacial score (nSPS) is 13.1. The van der Waals surface area contributed by atoms with E-state index >= 15 is 0 Å². The second-order valence-electron chi connectivity index (χ2n) is 9.58. The summed E-state index contributed by atoms with van der Waals surface area (Å²) in [6.45, 7) is 13.7. The maximum Gasteiger partial charge on any atom is 0.320 e. The van der Waals surface area contributed by atoms with Crippen LogP contribution >= 0.6 is 15.9 Å². The van der Waals surface area contributed by atoms with Crippen LogP contribution in [0.1, 0.15) is 60.5 Å². The fraction of sp³-hybridized carbons (Fsp3) is 0.667. The van der Waals surface area contributed by atoms with E-state index in [1.165, 1.54) is 0 Å². The molecule has 0 amide bonds. The zero-order valence-corrected chi connectivity index (χ0v) is 21.6. The summed E-state index contributed by atoms with van der Waals surface area (Å²) in [6.07, 6.45) is 1.61. The fourth-order valence-electron chi connectivity index (χ4n) is 2.89. The zero-order chi connectivity index (χ0) is 23.7. The van der Waals surface area contributed by atoms with E-state index in [1.807, 2.05) is 70.7 Å². The van der Waals surface area contributed by atoms with Gasteiger partial charge in [-0.3, -0.25) is 14.5 Å². The van der Waals surface area contributed by atoms with Crippen LogP contribution in [0, 0.1) is 0 Å². The molecule has 6 nitrogen and oxygen atoms in total. The molecule has 0 aromatic heterocycles. The maximum atomic E-state index is 12.5. The molecule has 0 aliphatic heterocycles. The number of alkyl halides is 1. The van der Waals surface area contributed by atoms with Crippen molar-refractivity contribution in [3.63, 3.8) is 0 Å². The van der Waals surface area contributed by atoms with Crippen LogP contribution in [0.15, 0.2) is 24.3 Å². The van der Waals surface area contributed by atoms with Gasteiger partial charge in [0.15, 0.2) is 0 Å². The van der Waals surface area contributed by atoms with Gasteiger partial charge in [0.25, 0.3) is 0 Å². The molecule has 1 aromatic rings. The van der Waals surface area contributed by atoms with Crippen molar-refractivity contribution in [3.8, 4) is 5.75 Å². The van der Waals surface area contributed by atoms with E-state index in [2.05, 4.69) is 22.9 Å². The minimum absolute atomic E-state index is 0.00444. The van der Waals surface area contributed by atoms with E-state index in [0.717, 1.165) is 17.7 Å². The van der Waals surface area contributed by atoms with E-state index in [1.54, 1.807) is 0 Å². The van der Waals surface area contributed by atoms with Gasteiger partial charge in [0.2, 0.25) is 0 Å². The molecule has 31 heavy (non-hydrogen) atoms. The number of hydrogen-bond acceptors (Lipinski definition) is 6. The molecule has 0 bridgehead atoms. The molecule has 0 spiro atoms. The lowest BCUT2D eigenvalue weighted by Gasteiger charge is -2.31. The van der Waals surface area contributed by atoms with Crippen LogP contribution in [-0.2, 0) is 25.5 Å². The summed E-state index contributed by atoms with van der Waals surface area (Å²) < 4.78 is 16.6. The van der Waals surface area contributed by atoms with Crippen LogP contribution in [0.2, 0.25) is 0 Å². The van der Waals surface area contributed by atoms with Gasteiger partial charge in [-0.25, -0.2) is 0 Å². The van der Waals surface area contributed by atoms with Crippen molar-refractivity contribution in [1.82, 2.24) is 4.90 Å². The molecule has 1 atom stereocenters. The van der Waals surface area contributed by atoms with Gasteiger partial charge in [-0.1, -0.05) is 35.0 Å². The predicted octanol–water partition coefficient (Wildman–Crippen LogP) is 4.77. The van der Waals surface area contributed by atoms with Gasteiger partial charge in [0, 0.05) is 11.4 Å². The maximum absolute atomic E-state index is 12.5. The first-order valence-electron chi connectivity index (χ1n) is 10.8. The number of benzene rings is 1. The van der Waals surface area contributed by atoms with Crippen molar-refractivity contribution in [2.24, 2.45) is 0 Å². The first kappa shape index (κ1) is 27.4. The Bertz CT molecular complexity index is 661. The Morgan fingerprint density at radius 2 is 1.42 bits per heavy atom. The summed E-state index contributed by atoms with van der Waals surface area (Å²) >= 11 is 3.55. The standard InChI is InChI=1S/C24H38BrNO5/c1-8-13-29-20-11-9-18(10-12-20)14-19(15-25)26(16-21(27)30-23(2,3)4)17-22(28)31-24(5,6)7/h9-12,19H,8,13-17H2,1-7H3. The smallest absolute Gasteiger partial charge is 0.320 e. The summed E-state index contributed by atoms with van der Waals surface area (Å²) in [5.41, 5.74) is -0.0913. The number of ether oxygens (including phenoxy) is 3. The zero-order valence-electron chi connectivity index (χ0n) is 20.0. The van der Waals surface area contributed by atoms with Gasteiger partial charge >= 0.3 is 11.9 Å². The molecule has 0 aliphatic rings. The Balaban J connectivity index is 2.95. The van der Waals surface area contributed by atoms with Crippen molar-refractivity contribution < 1.29 is 23.8 Å². The molecule has 176 valence electrons. The van der Waals surface area contributed by atoms with Gasteiger partial charge in [-0.2, -0.15) is 0 Å². The Labute approximate surface area is 195 Å². The van der Waals surface area contributed by atoms with E-state index < -0.39 is 11.2 Å². The van der Waals surface area contributed by atoms with Crippen molar-refractivity contribution in [1.29, 1.82) is 0 Å². The highest BCUT2D eigenvalue weighted by atomic mass is 79.9. The van der Waals surface area contributed by atoms with Gasteiger partial charge in [-0.15, -0.1) is 0 Å². The molecule has 0 saturated carbocycles. The van der Waals surface area contributed by atoms with E-state index in [0.29, 0.717) is 18.4 Å². The van der Waals surface area contributed by atoms with Gasteiger partial charge in [0.1, 0.15) is 17.0 Å². The third-order valence-electron chi connectivity index (χ3n) is 4.07. The largest absolute Gasteiger partial charge is 0.494 e. The molecule has 0 aliphatic carbocycles. The topological polar surface area (TPSA) is 65.1 Å². The van der Waals surface area contributed by atoms with Gasteiger partial charge in [0.05, 0.1) is 19.7 Å². The average Bonchev–Trinajstić information content (AvgIpc) is 2.61. The summed E-state index contributed by atoms with van der Waals surface area (Å²) in [7, 11) is 0. The molecular weight excluding hydrogens is 462 g/mol. The Hall–Kier alpha value is -1.60. The van der Waals surface area contributed by atoms with Crippen molar-refractivity contribution in [2.45, 2.75) is 78.6 Å². The van der Waals surface area contributed by atoms with Gasteiger partial charge < -0.3 is 14.2 Å². The van der Waals surface area contributed by atoms with Gasteiger partial charge in [-0.05, 0) is 72.1 Å². The van der Waals surface area contributed by atoms with Crippen molar-refractivity contribution in [3.05, 3.63) is 29.8 Å². The Morgan fingerprint density at radius 1 is 0.935 bits per heavy atom. The lowest BCUT2D eigenvalue weighted by atomic mass is 10.1. The summed E-state index contributed by atoms with van der Waals surface area (Å²) in [5, 5.41) is 0.590. The SMILES string of the molecule is CCCOc1ccc(CC(CBr)N(CC(=O)OC(C)(C)C)CC(=O)OC(C)(C)C)cc1. The second-order valence-corrected chi connectivity index (χ2v) is 10.2. The number of rotatable bonds is 11. The predicted molar refractivity (Wildman–Crippen MR) is 127 cm³/mol. The van der Waals surface area contributed by atoms with Crippen molar-refractivity contribution >= 4 is 27.9 Å². The quantitative estimate of drug-likeness (QED) is 0.322. The molecule has 0 saturated heterocycles. The Kier molecular flexibility index (Phi) is 11.0. The molecule has 7 heteroatoms. The number of carbonyl (C=O) groups is 2. The van der Waals surface area contributed by atoms with Crippen LogP contribution < -0.4 is 4.74 Å². The van der Waals surface area contributed by atoms with Crippen LogP contribution in [0.25, 0.3) is 0 Å². The van der Waals surface area contributed by atoms with E-state index in [9.17, 15) is 9.59 Å². The van der Waals surface area contributed by atoms with Crippen LogP contribution in [0.4, 0.5) is 0 Å². The first-order valence-corrected chi connectivity index (χ1v) is 11.9. The van der Waals surface area contributed by atoms with Crippen LogP contribution in [0.3, 0.4) is 0 Å². The summed E-state index contributed by atoms with van der Waals surface area (Å²) in [6, 6.07) is 7.83. The first-order chi connectivity index (χ1) is 14.3. The number of esters is 2. The molecule has 0 radical (unpaired) electrons. The second kappa shape index (κ2) is 12.4. The molecule has 0 N–H and O–H groups in total. The Morgan fingerprint density at radius 3 is 1.81 bits per heavy atom. The monoisotopic (exact) mass is 499 g/mol. The third kappa shape index (κ3) is 12.1. The highest BCUT2D eigenvalue weighted by molar-refractivity contribution is 9.09. The van der Waals surface area contributed by atoms with E-state index in [-0.39, 0.29) is 31.1 Å². The minimum Gasteiger partial charge on any atom is -0.494 e. The lowest BCUT2D eigenvalue weighted by molar-refractivity contribution is -0.160. The highest BCUT2D eigenvalue weighted by Crippen LogP contribution is 2.18. The molecule has 1 aromatic carbocycles. The fourth-order valence-corrected chi connectivity index (χ4v) is 3.53. The number of hydrogen-bond donors (Lipinski definition) is 0. The molecule has 0 fully saturated rings. The molecule has 1 unspecified atom stereocenters. The average molecular weight is 500 g/mol. The molecular formula is C24H38BrNO5. The molecule has 0 heterocycles. The minimum atomic E-state index is -0.590. The summed E-state index contributed by atoms with van der Waals surface area (Å²) in [5.74, 6) is 0.0935.